The Balaban J connectivity index is 1.85. The Labute approximate surface area is 175 Å². The molecule has 0 saturated carbocycles. The molecule has 0 saturated heterocycles. The predicted molar refractivity (Wildman–Crippen MR) is 117 cm³/mol. The summed E-state index contributed by atoms with van der Waals surface area (Å²) in [5.41, 5.74) is 1.97. The van der Waals surface area contributed by atoms with E-state index in [1.807, 2.05) is 25.1 Å². The van der Waals surface area contributed by atoms with Crippen molar-refractivity contribution >= 4 is 28.5 Å². The maximum absolute atomic E-state index is 12.7. The van der Waals surface area contributed by atoms with Crippen LogP contribution in [0.3, 0.4) is 0 Å². The lowest BCUT2D eigenvalue weighted by Crippen LogP contribution is -2.38. The van der Waals surface area contributed by atoms with E-state index in [0.717, 1.165) is 24.2 Å². The average molecular weight is 413 g/mol. The molecule has 0 unspecified atom stereocenters. The molecule has 1 heterocycles. The first-order chi connectivity index (χ1) is 13.9. The quantitative estimate of drug-likeness (QED) is 0.617. The molecule has 2 aromatic carbocycles. The van der Waals surface area contributed by atoms with Gasteiger partial charge in [-0.15, -0.1) is 0 Å². The SMILES string of the molecule is CCN(CC)[C@H](CNC(=O)c1cc(=O)c2cc(Cl)c(C)cc2o1)c1ccccc1. The summed E-state index contributed by atoms with van der Waals surface area (Å²) >= 11 is 6.10. The van der Waals surface area contributed by atoms with Gasteiger partial charge < -0.3 is 9.73 Å². The van der Waals surface area contributed by atoms with E-state index < -0.39 is 5.91 Å². The third kappa shape index (κ3) is 4.69. The molecular weight excluding hydrogens is 388 g/mol. The van der Waals surface area contributed by atoms with Gasteiger partial charge in [-0.25, -0.2) is 0 Å². The largest absolute Gasteiger partial charge is 0.451 e. The second-order valence-corrected chi connectivity index (χ2v) is 7.34. The van der Waals surface area contributed by atoms with Crippen molar-refractivity contribution in [2.24, 2.45) is 0 Å². The standard InChI is InChI=1S/C23H25ClN2O3/c1-4-26(5-2)19(16-9-7-6-8-10-16)14-25-23(28)22-13-20(27)17-12-18(24)15(3)11-21(17)29-22/h6-13,19H,4-5,14H2,1-3H3,(H,25,28)/t19-/m1/s1. The number of amides is 1. The van der Waals surface area contributed by atoms with Crippen molar-refractivity contribution in [3.8, 4) is 0 Å². The number of benzene rings is 2. The van der Waals surface area contributed by atoms with E-state index in [2.05, 4.69) is 36.2 Å². The van der Waals surface area contributed by atoms with Gasteiger partial charge >= 0.3 is 0 Å². The molecule has 5 nitrogen and oxygen atoms in total. The number of hydrogen-bond donors (Lipinski definition) is 1. The number of nitrogens with zero attached hydrogens (tertiary/aromatic N) is 1. The van der Waals surface area contributed by atoms with Crippen LogP contribution in [0.1, 0.15) is 41.6 Å². The molecule has 3 aromatic rings. The maximum Gasteiger partial charge on any atom is 0.287 e. The summed E-state index contributed by atoms with van der Waals surface area (Å²) in [4.78, 5) is 27.4. The van der Waals surface area contributed by atoms with E-state index in [9.17, 15) is 9.59 Å². The van der Waals surface area contributed by atoms with Gasteiger partial charge in [0.05, 0.1) is 11.4 Å². The molecule has 1 amide bonds. The average Bonchev–Trinajstić information content (AvgIpc) is 2.73. The Hall–Kier alpha value is -2.63. The number of nitrogens with one attached hydrogen (secondary N) is 1. The van der Waals surface area contributed by atoms with Crippen LogP contribution in [0.15, 0.2) is 57.7 Å². The van der Waals surface area contributed by atoms with Gasteiger partial charge in [-0.05, 0) is 43.3 Å². The minimum absolute atomic E-state index is 0.00409. The van der Waals surface area contributed by atoms with E-state index in [1.165, 1.54) is 6.07 Å². The zero-order valence-electron chi connectivity index (χ0n) is 16.9. The first-order valence-corrected chi connectivity index (χ1v) is 10.1. The fourth-order valence-corrected chi connectivity index (χ4v) is 3.63. The van der Waals surface area contributed by atoms with Crippen LogP contribution in [0.4, 0.5) is 0 Å². The van der Waals surface area contributed by atoms with Crippen LogP contribution in [-0.2, 0) is 0 Å². The molecule has 0 aliphatic heterocycles. The van der Waals surface area contributed by atoms with Crippen LogP contribution in [0.2, 0.25) is 5.02 Å². The number of fused-ring (bicyclic) bond motifs is 1. The lowest BCUT2D eigenvalue weighted by molar-refractivity contribution is 0.0908. The summed E-state index contributed by atoms with van der Waals surface area (Å²) in [5, 5.41) is 3.78. The summed E-state index contributed by atoms with van der Waals surface area (Å²) < 4.78 is 5.71. The molecule has 1 atom stereocenters. The molecule has 1 N–H and O–H groups in total. The highest BCUT2D eigenvalue weighted by Crippen LogP contribution is 2.23. The number of hydrogen-bond acceptors (Lipinski definition) is 4. The lowest BCUT2D eigenvalue weighted by Gasteiger charge is -2.30. The second-order valence-electron chi connectivity index (χ2n) is 6.93. The summed E-state index contributed by atoms with van der Waals surface area (Å²) in [7, 11) is 0. The van der Waals surface area contributed by atoms with E-state index in [-0.39, 0.29) is 17.2 Å². The van der Waals surface area contributed by atoms with Gasteiger partial charge in [0.2, 0.25) is 0 Å². The summed E-state index contributed by atoms with van der Waals surface area (Å²) in [6.45, 7) is 8.14. The first-order valence-electron chi connectivity index (χ1n) is 9.75. The third-order valence-electron chi connectivity index (χ3n) is 5.13. The van der Waals surface area contributed by atoms with Gasteiger partial charge in [0.25, 0.3) is 5.91 Å². The molecule has 3 rings (SSSR count). The summed E-state index contributed by atoms with van der Waals surface area (Å²) in [6, 6.07) is 14.6. The van der Waals surface area contributed by atoms with Crippen molar-refractivity contribution in [1.29, 1.82) is 0 Å². The first kappa shape index (κ1) is 21.1. The fourth-order valence-electron chi connectivity index (χ4n) is 3.46. The molecule has 0 aliphatic rings. The normalized spacial score (nSPS) is 12.3. The number of carbonyl (C=O) groups excluding carboxylic acids is 1. The Morgan fingerprint density at radius 2 is 1.83 bits per heavy atom. The molecule has 6 heteroatoms. The molecular formula is C23H25ClN2O3. The van der Waals surface area contributed by atoms with Crippen molar-refractivity contribution in [3.63, 3.8) is 0 Å². The van der Waals surface area contributed by atoms with E-state index in [4.69, 9.17) is 16.0 Å². The molecule has 0 fully saturated rings. The van der Waals surface area contributed by atoms with Gasteiger partial charge in [-0.3, -0.25) is 14.5 Å². The maximum atomic E-state index is 12.7. The van der Waals surface area contributed by atoms with Gasteiger partial charge in [0.15, 0.2) is 11.2 Å². The number of carbonyl (C=O) groups is 1. The highest BCUT2D eigenvalue weighted by atomic mass is 35.5. The zero-order chi connectivity index (χ0) is 21.0. The lowest BCUT2D eigenvalue weighted by atomic mass is 10.0. The second kappa shape index (κ2) is 9.25. The van der Waals surface area contributed by atoms with Crippen LogP contribution in [0, 0.1) is 6.92 Å². The van der Waals surface area contributed by atoms with E-state index in [0.29, 0.717) is 22.5 Å². The summed E-state index contributed by atoms with van der Waals surface area (Å²) in [6.07, 6.45) is 0. The van der Waals surface area contributed by atoms with Crippen molar-refractivity contribution in [1.82, 2.24) is 10.2 Å². The van der Waals surface area contributed by atoms with Crippen LogP contribution in [0.25, 0.3) is 11.0 Å². The van der Waals surface area contributed by atoms with E-state index >= 15 is 0 Å². The zero-order valence-corrected chi connectivity index (χ0v) is 17.6. The Morgan fingerprint density at radius 1 is 1.14 bits per heavy atom. The van der Waals surface area contributed by atoms with Gasteiger partial charge in [0, 0.05) is 17.6 Å². The number of halogens is 1. The smallest absolute Gasteiger partial charge is 0.287 e. The Bertz CT molecular complexity index is 1060. The van der Waals surface area contributed by atoms with Crippen LogP contribution >= 0.6 is 11.6 Å². The summed E-state index contributed by atoms with van der Waals surface area (Å²) in [5.74, 6) is -0.416. The van der Waals surface area contributed by atoms with Crippen molar-refractivity contribution in [3.05, 3.63) is 80.7 Å². The van der Waals surface area contributed by atoms with Crippen LogP contribution in [0.5, 0.6) is 0 Å². The van der Waals surface area contributed by atoms with Crippen LogP contribution in [-0.4, -0.2) is 30.4 Å². The molecule has 0 aliphatic carbocycles. The van der Waals surface area contributed by atoms with Crippen LogP contribution < -0.4 is 10.7 Å². The minimum Gasteiger partial charge on any atom is -0.451 e. The highest BCUT2D eigenvalue weighted by Gasteiger charge is 2.20. The van der Waals surface area contributed by atoms with Crippen molar-refractivity contribution in [2.45, 2.75) is 26.8 Å². The molecule has 0 bridgehead atoms. The molecule has 29 heavy (non-hydrogen) atoms. The third-order valence-corrected chi connectivity index (χ3v) is 5.53. The predicted octanol–water partition coefficient (Wildman–Crippen LogP) is 4.57. The van der Waals surface area contributed by atoms with Gasteiger partial charge in [-0.1, -0.05) is 55.8 Å². The van der Waals surface area contributed by atoms with Gasteiger partial charge in [-0.2, -0.15) is 0 Å². The Kier molecular flexibility index (Phi) is 6.72. The number of aryl methyl sites for hydroxylation is 1. The monoisotopic (exact) mass is 412 g/mol. The molecule has 152 valence electrons. The minimum atomic E-state index is -0.412. The molecule has 0 spiro atoms. The van der Waals surface area contributed by atoms with Crippen molar-refractivity contribution < 1.29 is 9.21 Å². The van der Waals surface area contributed by atoms with Crippen molar-refractivity contribution in [2.75, 3.05) is 19.6 Å². The highest BCUT2D eigenvalue weighted by molar-refractivity contribution is 6.32. The van der Waals surface area contributed by atoms with E-state index in [1.54, 1.807) is 12.1 Å². The number of likely N-dealkylation sites (N-methyl/N-ethyl adjacent to an activating group) is 1. The molecule has 1 aromatic heterocycles. The Morgan fingerprint density at radius 3 is 2.48 bits per heavy atom. The fraction of sp³-hybridized carbons (Fsp3) is 0.304. The number of rotatable bonds is 7. The molecule has 0 radical (unpaired) electrons. The van der Waals surface area contributed by atoms with Gasteiger partial charge in [0.1, 0.15) is 5.58 Å². The topological polar surface area (TPSA) is 62.6 Å².